The molecule has 0 saturated heterocycles. The molecule has 0 heterocycles. The maximum absolute atomic E-state index is 12.7. The number of benzene rings is 2. The molecule has 120 valence electrons. The average Bonchev–Trinajstić information content (AvgIpc) is 2.49. The molecule has 23 heavy (non-hydrogen) atoms. The van der Waals surface area contributed by atoms with Gasteiger partial charge in [0.1, 0.15) is 0 Å². The van der Waals surface area contributed by atoms with Crippen LogP contribution in [0.25, 0.3) is 0 Å². The number of carbonyl (C=O) groups is 1. The lowest BCUT2D eigenvalue weighted by Crippen LogP contribution is -2.13. The Balaban J connectivity index is 2.22. The van der Waals surface area contributed by atoms with E-state index in [9.17, 15) is 18.0 Å². The molecule has 0 aliphatic rings. The minimum absolute atomic E-state index is 0.0711. The summed E-state index contributed by atoms with van der Waals surface area (Å²) in [4.78, 5) is 12.2. The summed E-state index contributed by atoms with van der Waals surface area (Å²) in [5, 5.41) is 5.98. The predicted octanol–water partition coefficient (Wildman–Crippen LogP) is 4.29. The second kappa shape index (κ2) is 6.51. The first-order valence-corrected chi connectivity index (χ1v) is 6.62. The molecule has 0 fully saturated rings. The number of nitrogens with zero attached hydrogens (tertiary/aromatic N) is 1. The molecule has 2 aromatic rings. The van der Waals surface area contributed by atoms with Crippen molar-refractivity contribution >= 4 is 24.0 Å². The molecule has 0 unspecified atom stereocenters. The van der Waals surface area contributed by atoms with E-state index in [1.165, 1.54) is 12.1 Å². The number of anilines is 2. The van der Waals surface area contributed by atoms with Crippen molar-refractivity contribution in [3.63, 3.8) is 0 Å². The highest BCUT2D eigenvalue weighted by atomic mass is 19.4. The summed E-state index contributed by atoms with van der Waals surface area (Å²) >= 11 is 0. The van der Waals surface area contributed by atoms with E-state index in [0.717, 1.165) is 17.7 Å². The zero-order valence-corrected chi connectivity index (χ0v) is 12.2. The molecule has 0 saturated carbocycles. The Morgan fingerprint density at radius 2 is 1.91 bits per heavy atom. The molecule has 0 radical (unpaired) electrons. The van der Waals surface area contributed by atoms with E-state index in [1.54, 1.807) is 18.2 Å². The molecule has 0 aliphatic carbocycles. The van der Waals surface area contributed by atoms with Crippen molar-refractivity contribution in [3.8, 4) is 0 Å². The standard InChI is InChI=1S/C16H14F3N3O/c1-10-6-7-11(8-14(10)22-20-2)15(23)21-13-5-3-4-12(9-13)16(17,18)19/h3-9,22H,2H2,1H3,(H,21,23). The molecule has 2 rings (SSSR count). The summed E-state index contributed by atoms with van der Waals surface area (Å²) in [6.45, 7) is 5.13. The highest BCUT2D eigenvalue weighted by Gasteiger charge is 2.30. The predicted molar refractivity (Wildman–Crippen MR) is 83.7 cm³/mol. The van der Waals surface area contributed by atoms with Gasteiger partial charge in [-0.1, -0.05) is 12.1 Å². The quantitative estimate of drug-likeness (QED) is 0.652. The van der Waals surface area contributed by atoms with E-state index in [1.807, 2.05) is 6.92 Å². The summed E-state index contributed by atoms with van der Waals surface area (Å²) in [7, 11) is 0. The van der Waals surface area contributed by atoms with Gasteiger partial charge in [0.15, 0.2) is 0 Å². The summed E-state index contributed by atoms with van der Waals surface area (Å²) in [6, 6.07) is 9.29. The maximum Gasteiger partial charge on any atom is 0.416 e. The third-order valence-corrected chi connectivity index (χ3v) is 3.15. The Morgan fingerprint density at radius 1 is 1.17 bits per heavy atom. The number of alkyl halides is 3. The maximum atomic E-state index is 12.7. The van der Waals surface area contributed by atoms with Gasteiger partial charge in [-0.15, -0.1) is 0 Å². The van der Waals surface area contributed by atoms with Crippen LogP contribution in [-0.2, 0) is 6.18 Å². The van der Waals surface area contributed by atoms with Crippen LogP contribution in [0.2, 0.25) is 0 Å². The monoisotopic (exact) mass is 321 g/mol. The number of nitrogens with one attached hydrogen (secondary N) is 2. The summed E-state index contributed by atoms with van der Waals surface area (Å²) in [5.74, 6) is -0.517. The molecule has 2 N–H and O–H groups in total. The molecule has 0 atom stereocenters. The normalized spacial score (nSPS) is 11.0. The lowest BCUT2D eigenvalue weighted by molar-refractivity contribution is -0.137. The first kappa shape index (κ1) is 16.5. The van der Waals surface area contributed by atoms with Crippen LogP contribution < -0.4 is 10.7 Å². The van der Waals surface area contributed by atoms with Crippen molar-refractivity contribution in [2.75, 3.05) is 10.7 Å². The lowest BCUT2D eigenvalue weighted by Gasteiger charge is -2.11. The molecular weight excluding hydrogens is 307 g/mol. The van der Waals surface area contributed by atoms with Crippen LogP contribution in [-0.4, -0.2) is 12.6 Å². The SMILES string of the molecule is C=NNc1cc(C(=O)Nc2cccc(C(F)(F)F)c2)ccc1C. The number of halogens is 3. The third kappa shape index (κ3) is 4.09. The topological polar surface area (TPSA) is 53.5 Å². The van der Waals surface area contributed by atoms with E-state index in [-0.39, 0.29) is 5.69 Å². The largest absolute Gasteiger partial charge is 0.416 e. The van der Waals surface area contributed by atoms with Gasteiger partial charge in [-0.2, -0.15) is 18.3 Å². The van der Waals surface area contributed by atoms with Crippen molar-refractivity contribution in [2.24, 2.45) is 5.10 Å². The van der Waals surface area contributed by atoms with Crippen molar-refractivity contribution in [1.29, 1.82) is 0 Å². The highest BCUT2D eigenvalue weighted by molar-refractivity contribution is 6.05. The van der Waals surface area contributed by atoms with Crippen molar-refractivity contribution in [1.82, 2.24) is 0 Å². The molecule has 0 aromatic heterocycles. The lowest BCUT2D eigenvalue weighted by atomic mass is 10.1. The Morgan fingerprint density at radius 3 is 2.57 bits per heavy atom. The Bertz CT molecular complexity index is 742. The van der Waals surface area contributed by atoms with E-state index < -0.39 is 17.6 Å². The number of carbonyl (C=O) groups excluding carboxylic acids is 1. The van der Waals surface area contributed by atoms with E-state index in [2.05, 4.69) is 22.6 Å². The molecule has 2 aromatic carbocycles. The van der Waals surface area contributed by atoms with Crippen LogP contribution in [0.4, 0.5) is 24.5 Å². The number of hydrazone groups is 1. The van der Waals surface area contributed by atoms with Gasteiger partial charge in [0.2, 0.25) is 0 Å². The van der Waals surface area contributed by atoms with E-state index in [4.69, 9.17) is 0 Å². The molecule has 4 nitrogen and oxygen atoms in total. The van der Waals surface area contributed by atoms with E-state index >= 15 is 0 Å². The van der Waals surface area contributed by atoms with Gasteiger partial charge in [0.25, 0.3) is 5.91 Å². The van der Waals surface area contributed by atoms with Gasteiger partial charge in [-0.25, -0.2) is 0 Å². The van der Waals surface area contributed by atoms with E-state index in [0.29, 0.717) is 11.3 Å². The molecule has 0 bridgehead atoms. The number of hydrogen-bond donors (Lipinski definition) is 2. The molecule has 1 amide bonds. The van der Waals surface area contributed by atoms with Gasteiger partial charge in [0.05, 0.1) is 11.3 Å². The van der Waals surface area contributed by atoms with Crippen LogP contribution in [0.5, 0.6) is 0 Å². The van der Waals surface area contributed by atoms with Crippen LogP contribution in [0.1, 0.15) is 21.5 Å². The second-order valence-electron chi connectivity index (χ2n) is 4.83. The number of hydrogen-bond acceptors (Lipinski definition) is 3. The fourth-order valence-corrected chi connectivity index (χ4v) is 1.95. The summed E-state index contributed by atoms with van der Waals surface area (Å²) in [6.07, 6.45) is -4.46. The van der Waals surface area contributed by atoms with Gasteiger partial charge in [-0.3, -0.25) is 10.2 Å². The van der Waals surface area contributed by atoms with Crippen molar-refractivity contribution in [2.45, 2.75) is 13.1 Å². The number of aryl methyl sites for hydroxylation is 1. The average molecular weight is 321 g/mol. The molecule has 0 aliphatic heterocycles. The van der Waals surface area contributed by atoms with Gasteiger partial charge < -0.3 is 5.32 Å². The fourth-order valence-electron chi connectivity index (χ4n) is 1.95. The van der Waals surface area contributed by atoms with Crippen LogP contribution in [0.3, 0.4) is 0 Å². The molecule has 7 heteroatoms. The van der Waals surface area contributed by atoms with Crippen molar-refractivity contribution < 1.29 is 18.0 Å². The molecular formula is C16H14F3N3O. The first-order valence-electron chi connectivity index (χ1n) is 6.62. The summed E-state index contributed by atoms with van der Waals surface area (Å²) < 4.78 is 38.0. The first-order chi connectivity index (χ1) is 10.8. The minimum Gasteiger partial charge on any atom is -0.322 e. The van der Waals surface area contributed by atoms with Gasteiger partial charge >= 0.3 is 6.18 Å². The van der Waals surface area contributed by atoms with Crippen LogP contribution in [0, 0.1) is 6.92 Å². The van der Waals surface area contributed by atoms with Crippen LogP contribution >= 0.6 is 0 Å². The zero-order chi connectivity index (χ0) is 17.0. The van der Waals surface area contributed by atoms with Gasteiger partial charge in [0, 0.05) is 18.0 Å². The Kier molecular flexibility index (Phi) is 4.68. The fraction of sp³-hybridized carbons (Fsp3) is 0.125. The number of amides is 1. The highest BCUT2D eigenvalue weighted by Crippen LogP contribution is 2.30. The molecule has 0 spiro atoms. The zero-order valence-electron chi connectivity index (χ0n) is 12.2. The smallest absolute Gasteiger partial charge is 0.322 e. The van der Waals surface area contributed by atoms with Crippen molar-refractivity contribution in [3.05, 3.63) is 59.2 Å². The van der Waals surface area contributed by atoms with Gasteiger partial charge in [-0.05, 0) is 42.8 Å². The third-order valence-electron chi connectivity index (χ3n) is 3.15. The summed E-state index contributed by atoms with van der Waals surface area (Å²) in [5.41, 5.74) is 3.64. The van der Waals surface area contributed by atoms with Crippen LogP contribution in [0.15, 0.2) is 47.6 Å². The minimum atomic E-state index is -4.46. The Hall–Kier alpha value is -2.83. The number of rotatable bonds is 4. The Labute approximate surface area is 131 Å². The second-order valence-corrected chi connectivity index (χ2v) is 4.83.